The van der Waals surface area contributed by atoms with Gasteiger partial charge in [-0.3, -0.25) is 4.90 Å². The van der Waals surface area contributed by atoms with Gasteiger partial charge in [0.15, 0.2) is 0 Å². The molecule has 1 saturated heterocycles. The summed E-state index contributed by atoms with van der Waals surface area (Å²) in [7, 11) is 0. The van der Waals surface area contributed by atoms with E-state index in [2.05, 4.69) is 16.8 Å². The van der Waals surface area contributed by atoms with E-state index < -0.39 is 11.6 Å². The largest absolute Gasteiger partial charge is 0.314 e. The molecule has 0 saturated carbocycles. The molecule has 0 spiro atoms. The number of piperazine rings is 1. The smallest absolute Gasteiger partial charge is 0.133 e. The lowest BCUT2D eigenvalue weighted by molar-refractivity contribution is 0.268. The molecular formula is C13H16F2N2. The Labute approximate surface area is 99.9 Å². The Morgan fingerprint density at radius 2 is 2.00 bits per heavy atom. The average Bonchev–Trinajstić information content (AvgIpc) is 2.30. The Kier molecular flexibility index (Phi) is 3.86. The zero-order chi connectivity index (χ0) is 12.3. The van der Waals surface area contributed by atoms with E-state index in [0.29, 0.717) is 17.7 Å². The van der Waals surface area contributed by atoms with E-state index in [-0.39, 0.29) is 0 Å². The molecule has 1 aliphatic rings. The van der Waals surface area contributed by atoms with Crippen LogP contribution in [0.3, 0.4) is 0 Å². The first kappa shape index (κ1) is 12.2. The highest BCUT2D eigenvalue weighted by atomic mass is 19.1. The van der Waals surface area contributed by atoms with Gasteiger partial charge in [-0.1, -0.05) is 6.58 Å². The van der Waals surface area contributed by atoms with E-state index in [0.717, 1.165) is 32.2 Å². The van der Waals surface area contributed by atoms with Crippen LogP contribution in [0.15, 0.2) is 24.8 Å². The predicted molar refractivity (Wildman–Crippen MR) is 64.7 cm³/mol. The monoisotopic (exact) mass is 238 g/mol. The zero-order valence-electron chi connectivity index (χ0n) is 9.68. The molecular weight excluding hydrogens is 222 g/mol. The third kappa shape index (κ3) is 3.11. The minimum absolute atomic E-state index is 0.407. The highest BCUT2D eigenvalue weighted by Crippen LogP contribution is 2.18. The van der Waals surface area contributed by atoms with Gasteiger partial charge in [0.05, 0.1) is 0 Å². The summed E-state index contributed by atoms with van der Waals surface area (Å²) in [6.45, 7) is 8.27. The van der Waals surface area contributed by atoms with E-state index in [1.54, 1.807) is 0 Å². The maximum absolute atomic E-state index is 13.5. The first-order valence-electron chi connectivity index (χ1n) is 5.73. The second kappa shape index (κ2) is 5.38. The van der Waals surface area contributed by atoms with Crippen molar-refractivity contribution in [3.8, 4) is 0 Å². The third-order valence-corrected chi connectivity index (χ3v) is 2.94. The van der Waals surface area contributed by atoms with Crippen LogP contribution in [0, 0.1) is 11.6 Å². The van der Waals surface area contributed by atoms with Gasteiger partial charge in [-0.25, -0.2) is 8.78 Å². The van der Waals surface area contributed by atoms with Crippen LogP contribution in [0.1, 0.15) is 5.56 Å². The van der Waals surface area contributed by atoms with E-state index in [9.17, 15) is 8.78 Å². The molecule has 1 aromatic rings. The van der Waals surface area contributed by atoms with Gasteiger partial charge in [-0.05, 0) is 17.7 Å². The Morgan fingerprint density at radius 3 is 2.65 bits per heavy atom. The molecule has 4 heteroatoms. The Bertz CT molecular complexity index is 412. The normalized spacial score (nSPS) is 17.1. The molecule has 1 aromatic carbocycles. The predicted octanol–water partition coefficient (Wildman–Crippen LogP) is 1.88. The number of hydrogen-bond donors (Lipinski definition) is 1. The van der Waals surface area contributed by atoms with Gasteiger partial charge < -0.3 is 5.32 Å². The highest BCUT2D eigenvalue weighted by molar-refractivity contribution is 5.65. The van der Waals surface area contributed by atoms with Crippen LogP contribution in [0.25, 0.3) is 5.57 Å². The molecule has 0 radical (unpaired) electrons. The van der Waals surface area contributed by atoms with Crippen molar-refractivity contribution in [2.75, 3.05) is 32.7 Å². The quantitative estimate of drug-likeness (QED) is 0.865. The van der Waals surface area contributed by atoms with Gasteiger partial charge in [0.1, 0.15) is 11.6 Å². The van der Waals surface area contributed by atoms with Crippen molar-refractivity contribution < 1.29 is 8.78 Å². The van der Waals surface area contributed by atoms with Gasteiger partial charge in [-0.15, -0.1) is 0 Å². The van der Waals surface area contributed by atoms with Gasteiger partial charge in [-0.2, -0.15) is 0 Å². The van der Waals surface area contributed by atoms with Crippen LogP contribution in [-0.4, -0.2) is 37.6 Å². The fourth-order valence-corrected chi connectivity index (χ4v) is 2.00. The first-order valence-corrected chi connectivity index (χ1v) is 5.73. The van der Waals surface area contributed by atoms with Crippen molar-refractivity contribution in [3.05, 3.63) is 42.0 Å². The van der Waals surface area contributed by atoms with Crippen LogP contribution in [0.2, 0.25) is 0 Å². The molecule has 1 N–H and O–H groups in total. The molecule has 0 aliphatic carbocycles. The van der Waals surface area contributed by atoms with Crippen LogP contribution in [-0.2, 0) is 0 Å². The Balaban J connectivity index is 2.03. The van der Waals surface area contributed by atoms with Crippen molar-refractivity contribution in [2.24, 2.45) is 0 Å². The summed E-state index contributed by atoms with van der Waals surface area (Å²) in [4.78, 5) is 2.21. The number of benzene rings is 1. The van der Waals surface area contributed by atoms with Crippen LogP contribution in [0.4, 0.5) is 8.78 Å². The Morgan fingerprint density at radius 1 is 1.29 bits per heavy atom. The number of rotatable bonds is 3. The van der Waals surface area contributed by atoms with Crippen molar-refractivity contribution in [3.63, 3.8) is 0 Å². The van der Waals surface area contributed by atoms with Crippen LogP contribution in [0.5, 0.6) is 0 Å². The molecule has 0 unspecified atom stereocenters. The molecule has 0 aromatic heterocycles. The minimum atomic E-state index is -0.554. The minimum Gasteiger partial charge on any atom is -0.314 e. The fraction of sp³-hybridized carbons (Fsp3) is 0.385. The lowest BCUT2D eigenvalue weighted by Gasteiger charge is -2.28. The number of nitrogens with one attached hydrogen (secondary N) is 1. The van der Waals surface area contributed by atoms with Crippen molar-refractivity contribution in [2.45, 2.75) is 0 Å². The second-order valence-electron chi connectivity index (χ2n) is 4.25. The third-order valence-electron chi connectivity index (χ3n) is 2.94. The summed E-state index contributed by atoms with van der Waals surface area (Å²) in [6, 6.07) is 3.62. The lowest BCUT2D eigenvalue weighted by atomic mass is 10.1. The number of nitrogens with zero attached hydrogens (tertiary/aromatic N) is 1. The fourth-order valence-electron chi connectivity index (χ4n) is 2.00. The number of halogens is 2. The summed E-state index contributed by atoms with van der Waals surface area (Å²) in [5.74, 6) is -1.09. The highest BCUT2D eigenvalue weighted by Gasteiger charge is 2.13. The van der Waals surface area contributed by atoms with Gasteiger partial charge in [0, 0.05) is 44.4 Å². The van der Waals surface area contributed by atoms with Crippen molar-refractivity contribution >= 4 is 5.57 Å². The molecule has 17 heavy (non-hydrogen) atoms. The standard InChI is InChI=1S/C13H16F2N2/c1-10(9-17-6-4-16-5-7-17)12-3-2-11(14)8-13(12)15/h2-3,8,16H,1,4-7,9H2. The molecule has 2 rings (SSSR count). The summed E-state index contributed by atoms with van der Waals surface area (Å²) in [6.07, 6.45) is 0. The second-order valence-corrected chi connectivity index (χ2v) is 4.25. The zero-order valence-corrected chi connectivity index (χ0v) is 9.68. The Hall–Kier alpha value is -1.26. The van der Waals surface area contributed by atoms with Gasteiger partial charge >= 0.3 is 0 Å². The summed E-state index contributed by atoms with van der Waals surface area (Å²) < 4.78 is 26.3. The van der Waals surface area contributed by atoms with Crippen molar-refractivity contribution in [1.82, 2.24) is 10.2 Å². The molecule has 92 valence electrons. The SMILES string of the molecule is C=C(CN1CCNCC1)c1ccc(F)cc1F. The first-order chi connectivity index (χ1) is 8.16. The molecule has 1 heterocycles. The maximum Gasteiger partial charge on any atom is 0.133 e. The van der Waals surface area contributed by atoms with E-state index in [1.807, 2.05) is 0 Å². The maximum atomic E-state index is 13.5. The molecule has 1 fully saturated rings. The van der Waals surface area contributed by atoms with Crippen molar-refractivity contribution in [1.29, 1.82) is 0 Å². The molecule has 0 bridgehead atoms. The molecule has 2 nitrogen and oxygen atoms in total. The van der Waals surface area contributed by atoms with Crippen LogP contribution >= 0.6 is 0 Å². The van der Waals surface area contributed by atoms with E-state index >= 15 is 0 Å². The van der Waals surface area contributed by atoms with Crippen LogP contribution < -0.4 is 5.32 Å². The molecule has 1 aliphatic heterocycles. The number of hydrogen-bond acceptors (Lipinski definition) is 2. The summed E-state index contributed by atoms with van der Waals surface area (Å²) in [5, 5.41) is 3.25. The van der Waals surface area contributed by atoms with Gasteiger partial charge in [0.2, 0.25) is 0 Å². The average molecular weight is 238 g/mol. The van der Waals surface area contributed by atoms with Gasteiger partial charge in [0.25, 0.3) is 0 Å². The summed E-state index contributed by atoms with van der Waals surface area (Å²) in [5.41, 5.74) is 1.11. The van der Waals surface area contributed by atoms with E-state index in [4.69, 9.17) is 0 Å². The molecule has 0 amide bonds. The van der Waals surface area contributed by atoms with E-state index in [1.165, 1.54) is 12.1 Å². The molecule has 0 atom stereocenters. The lowest BCUT2D eigenvalue weighted by Crippen LogP contribution is -2.43. The summed E-state index contributed by atoms with van der Waals surface area (Å²) >= 11 is 0. The topological polar surface area (TPSA) is 15.3 Å².